The Hall–Kier alpha value is 0.581. The minimum atomic E-state index is -3.67. The summed E-state index contributed by atoms with van der Waals surface area (Å²) in [5.74, 6) is 0. The van der Waals surface area contributed by atoms with Crippen LogP contribution in [0, 0.1) is 13.8 Å². The van der Waals surface area contributed by atoms with Crippen molar-refractivity contribution in [2.45, 2.75) is 6.92 Å². The van der Waals surface area contributed by atoms with E-state index in [1.54, 1.807) is 0 Å². The van der Waals surface area contributed by atoms with Crippen molar-refractivity contribution in [3.05, 3.63) is 42.3 Å². The van der Waals surface area contributed by atoms with Crippen LogP contribution < -0.4 is 51.4 Å². The van der Waals surface area contributed by atoms with Crippen LogP contribution in [0.1, 0.15) is 11.1 Å². The summed E-state index contributed by atoms with van der Waals surface area (Å²) in [5, 5.41) is 0. The quantitative estimate of drug-likeness (QED) is 0.421. The Kier molecular flexibility index (Phi) is 11.3. The van der Waals surface area contributed by atoms with Gasteiger partial charge in [-0.1, -0.05) is 5.56 Å². The zero-order valence-corrected chi connectivity index (χ0v) is 10.9. The van der Waals surface area contributed by atoms with Crippen molar-refractivity contribution in [3.8, 4) is 0 Å². The molecule has 1 aromatic rings. The van der Waals surface area contributed by atoms with Crippen molar-refractivity contribution < 1.29 is 64.3 Å². The number of aryl methyl sites for hydroxylation is 1. The molecule has 0 fully saturated rings. The second-order valence-corrected chi connectivity index (χ2v) is 2.23. The van der Waals surface area contributed by atoms with Gasteiger partial charge in [0.05, 0.1) is 0 Å². The van der Waals surface area contributed by atoms with Crippen LogP contribution in [-0.4, -0.2) is 7.54 Å². The fourth-order valence-corrected chi connectivity index (χ4v) is 0.588. The molecule has 0 bridgehead atoms. The van der Waals surface area contributed by atoms with Crippen molar-refractivity contribution in [1.29, 1.82) is 0 Å². The Bertz CT molecular complexity index is 189. The molecule has 0 atom stereocenters. The van der Waals surface area contributed by atoms with Crippen LogP contribution in [0.2, 0.25) is 0 Å². The maximum absolute atomic E-state index is 9.67. The Morgan fingerprint density at radius 2 is 1.38 bits per heavy atom. The monoisotopic (exact) mass is 212 g/mol. The van der Waals surface area contributed by atoms with E-state index < -0.39 is 7.54 Å². The van der Waals surface area contributed by atoms with Gasteiger partial charge >= 0.3 is 58.9 Å². The van der Waals surface area contributed by atoms with Crippen LogP contribution in [-0.2, 0) is 0 Å². The van der Waals surface area contributed by atoms with E-state index in [0.29, 0.717) is 0 Å². The average Bonchev–Trinajstić information content (AvgIpc) is 1.94. The first-order valence-electron chi connectivity index (χ1n) is 3.33. The number of hydrogen-bond acceptors (Lipinski definition) is 0. The third kappa shape index (κ3) is 12.6. The van der Waals surface area contributed by atoms with Gasteiger partial charge in [-0.05, 0) is 6.92 Å². The molecule has 0 aliphatic heterocycles. The summed E-state index contributed by atoms with van der Waals surface area (Å²) >= 11 is 0. The fraction of sp³-hybridized carbons (Fsp3) is 0.125. The standard InChI is InChI=1S/C8H9.BF3.K/c1-7-3-5-8(2)6-4-7;2-1(3)4;/h3-6H,1H2,2H3;;/q-1;;+1. The summed E-state index contributed by atoms with van der Waals surface area (Å²) in [5.41, 5.74) is 2.37. The van der Waals surface area contributed by atoms with E-state index in [1.165, 1.54) is 5.56 Å². The van der Waals surface area contributed by atoms with Crippen LogP contribution in [0.15, 0.2) is 24.3 Å². The van der Waals surface area contributed by atoms with Gasteiger partial charge in [-0.25, -0.2) is 0 Å². The first-order valence-corrected chi connectivity index (χ1v) is 3.33. The largest absolute Gasteiger partial charge is 1.00 e. The maximum Gasteiger partial charge on any atom is 1.00 e. The molecule has 0 radical (unpaired) electrons. The van der Waals surface area contributed by atoms with Crippen molar-refractivity contribution in [2.75, 3.05) is 0 Å². The predicted molar refractivity (Wildman–Crippen MR) is 44.7 cm³/mol. The molecule has 1 aromatic carbocycles. The van der Waals surface area contributed by atoms with Crippen LogP contribution >= 0.6 is 0 Å². The van der Waals surface area contributed by atoms with E-state index in [0.717, 1.165) is 5.56 Å². The normalized spacial score (nSPS) is 7.69. The average molecular weight is 212 g/mol. The second-order valence-electron chi connectivity index (χ2n) is 2.23. The summed E-state index contributed by atoms with van der Waals surface area (Å²) in [7, 11) is -3.67. The van der Waals surface area contributed by atoms with Gasteiger partial charge in [-0.2, -0.15) is 24.6 Å². The molecule has 0 amide bonds. The van der Waals surface area contributed by atoms with E-state index in [9.17, 15) is 12.9 Å². The number of rotatable bonds is 0. The minimum absolute atomic E-state index is 0. The van der Waals surface area contributed by atoms with Crippen molar-refractivity contribution in [1.82, 2.24) is 0 Å². The van der Waals surface area contributed by atoms with E-state index in [2.05, 4.69) is 26.0 Å². The first-order chi connectivity index (χ1) is 5.52. The zero-order valence-electron chi connectivity index (χ0n) is 7.73. The van der Waals surface area contributed by atoms with Gasteiger partial charge in [0.15, 0.2) is 0 Å². The van der Waals surface area contributed by atoms with E-state index in [-0.39, 0.29) is 51.4 Å². The van der Waals surface area contributed by atoms with E-state index in [4.69, 9.17) is 0 Å². The molecule has 0 aliphatic rings. The summed E-state index contributed by atoms with van der Waals surface area (Å²) < 4.78 is 29.0. The van der Waals surface area contributed by atoms with Gasteiger partial charge in [0.2, 0.25) is 0 Å². The maximum atomic E-state index is 9.67. The molecule has 13 heavy (non-hydrogen) atoms. The molecule has 1 rings (SSSR count). The summed E-state index contributed by atoms with van der Waals surface area (Å²) in [4.78, 5) is 0. The molecule has 0 N–H and O–H groups in total. The third-order valence-corrected chi connectivity index (χ3v) is 1.12. The zero-order chi connectivity index (χ0) is 9.56. The molecule has 5 heteroatoms. The molecule has 0 saturated carbocycles. The van der Waals surface area contributed by atoms with Gasteiger partial charge in [0, 0.05) is 0 Å². The number of hydrogen-bond donors (Lipinski definition) is 0. The van der Waals surface area contributed by atoms with Crippen LogP contribution in [0.3, 0.4) is 0 Å². The molecule has 0 spiro atoms. The molecular weight excluding hydrogens is 203 g/mol. The van der Waals surface area contributed by atoms with Crippen molar-refractivity contribution in [2.24, 2.45) is 0 Å². The predicted octanol–water partition coefficient (Wildman–Crippen LogP) is 0.0610. The smallest absolute Gasteiger partial charge is 0.254 e. The SMILES string of the molecule is FB(F)F.[CH2-]c1ccc(C)cc1.[K+]. The van der Waals surface area contributed by atoms with Crippen molar-refractivity contribution >= 4 is 7.54 Å². The Labute approximate surface area is 120 Å². The van der Waals surface area contributed by atoms with Crippen molar-refractivity contribution in [3.63, 3.8) is 0 Å². The van der Waals surface area contributed by atoms with Gasteiger partial charge in [0.1, 0.15) is 0 Å². The number of benzene rings is 1. The van der Waals surface area contributed by atoms with Gasteiger partial charge < -0.3 is 0 Å². The molecule has 0 unspecified atom stereocenters. The third-order valence-electron chi connectivity index (χ3n) is 1.12. The Morgan fingerprint density at radius 3 is 1.62 bits per heavy atom. The van der Waals surface area contributed by atoms with Crippen LogP contribution in [0.25, 0.3) is 0 Å². The fourth-order valence-electron chi connectivity index (χ4n) is 0.588. The molecular formula is C8H9BF3K. The number of halogens is 3. The van der Waals surface area contributed by atoms with Gasteiger partial charge in [-0.3, -0.25) is 12.9 Å². The van der Waals surface area contributed by atoms with Gasteiger partial charge in [0.25, 0.3) is 0 Å². The van der Waals surface area contributed by atoms with Crippen LogP contribution in [0.4, 0.5) is 12.9 Å². The topological polar surface area (TPSA) is 0 Å². The molecule has 0 aliphatic carbocycles. The summed E-state index contributed by atoms with van der Waals surface area (Å²) in [6.45, 7) is 5.83. The molecule has 66 valence electrons. The second kappa shape index (κ2) is 9.15. The summed E-state index contributed by atoms with van der Waals surface area (Å²) in [6.07, 6.45) is 0. The minimum Gasteiger partial charge on any atom is -0.254 e. The molecule has 0 heterocycles. The van der Waals surface area contributed by atoms with Gasteiger partial charge in [-0.15, -0.1) is 12.1 Å². The van der Waals surface area contributed by atoms with E-state index in [1.807, 2.05) is 12.1 Å². The molecule has 0 nitrogen and oxygen atoms in total. The Balaban J connectivity index is 0. The first kappa shape index (κ1) is 16.0. The molecule has 0 aromatic heterocycles. The van der Waals surface area contributed by atoms with E-state index >= 15 is 0 Å². The molecule has 0 saturated heterocycles. The summed E-state index contributed by atoms with van der Waals surface area (Å²) in [6, 6.07) is 8.13. The van der Waals surface area contributed by atoms with Crippen LogP contribution in [0.5, 0.6) is 0 Å². The Morgan fingerprint density at radius 1 is 1.08 bits per heavy atom.